The van der Waals surface area contributed by atoms with Crippen LogP contribution in [-0.2, 0) is 0 Å². The Labute approximate surface area is 256 Å². The second-order valence-electron chi connectivity index (χ2n) is 12.5. The molecule has 0 amide bonds. The van der Waals surface area contributed by atoms with Crippen LogP contribution in [0.4, 0.5) is 30.7 Å². The maximum atomic E-state index is 15.1. The van der Waals surface area contributed by atoms with Crippen LogP contribution in [0.3, 0.4) is 0 Å². The SMILES string of the molecule is CCCCCCCC1CCC(/C=C/C2CCC(C(F)(F)Oc3cc(F)c(-c4ccc(OC(F)(F)F)cc4)c(F)c3)CC2)CC1. The van der Waals surface area contributed by atoms with Crippen molar-refractivity contribution in [3.8, 4) is 22.6 Å². The first-order valence-corrected chi connectivity index (χ1v) is 16.0. The van der Waals surface area contributed by atoms with E-state index in [4.69, 9.17) is 4.74 Å². The third-order valence-electron chi connectivity index (χ3n) is 9.16. The van der Waals surface area contributed by atoms with Crippen molar-refractivity contribution in [1.82, 2.24) is 0 Å². The van der Waals surface area contributed by atoms with Gasteiger partial charge in [-0.15, -0.1) is 13.2 Å². The molecule has 0 radical (unpaired) electrons. The predicted octanol–water partition coefficient (Wildman–Crippen LogP) is 12.0. The van der Waals surface area contributed by atoms with Gasteiger partial charge in [-0.3, -0.25) is 0 Å². The van der Waals surface area contributed by atoms with Crippen molar-refractivity contribution in [2.24, 2.45) is 23.7 Å². The highest BCUT2D eigenvalue weighted by Gasteiger charge is 2.44. The molecule has 0 spiro atoms. The van der Waals surface area contributed by atoms with E-state index in [9.17, 15) is 22.0 Å². The van der Waals surface area contributed by atoms with Crippen molar-refractivity contribution in [3.63, 3.8) is 0 Å². The van der Waals surface area contributed by atoms with Crippen molar-refractivity contribution in [3.05, 3.63) is 60.2 Å². The summed E-state index contributed by atoms with van der Waals surface area (Å²) in [6.07, 6.45) is 10.5. The van der Waals surface area contributed by atoms with Crippen molar-refractivity contribution >= 4 is 0 Å². The molecule has 0 N–H and O–H groups in total. The van der Waals surface area contributed by atoms with E-state index in [1.807, 2.05) is 0 Å². The summed E-state index contributed by atoms with van der Waals surface area (Å²) in [6, 6.07) is 5.25. The van der Waals surface area contributed by atoms with Gasteiger partial charge in [-0.1, -0.05) is 69.7 Å². The average molecular weight is 629 g/mol. The summed E-state index contributed by atoms with van der Waals surface area (Å²) in [5.41, 5.74) is -0.646. The number of benzene rings is 2. The Bertz CT molecular complexity index is 1170. The summed E-state index contributed by atoms with van der Waals surface area (Å²) >= 11 is 0. The third kappa shape index (κ3) is 10.2. The van der Waals surface area contributed by atoms with Crippen LogP contribution < -0.4 is 9.47 Å². The largest absolute Gasteiger partial charge is 0.573 e. The van der Waals surface area contributed by atoms with Crippen LogP contribution in [0.2, 0.25) is 0 Å². The zero-order chi connectivity index (χ0) is 31.7. The van der Waals surface area contributed by atoms with Crippen molar-refractivity contribution in [2.45, 2.75) is 109 Å². The maximum Gasteiger partial charge on any atom is 0.573 e. The van der Waals surface area contributed by atoms with Crippen LogP contribution in [0.1, 0.15) is 96.8 Å². The first kappa shape index (κ1) is 34.2. The number of alkyl halides is 5. The van der Waals surface area contributed by atoms with Gasteiger partial charge in [0.25, 0.3) is 0 Å². The van der Waals surface area contributed by atoms with Gasteiger partial charge in [0.05, 0.1) is 11.5 Å². The summed E-state index contributed by atoms with van der Waals surface area (Å²) in [7, 11) is 0. The standard InChI is InChI=1S/C35H43F7O2/c1-2-3-4-5-6-7-24-8-10-25(11-9-24)12-13-26-14-18-28(19-15-26)34(38,39)43-30-22-31(36)33(32(37)23-30)27-16-20-29(21-17-27)44-35(40,41)42/h12-13,16-17,20-26,28H,2-11,14-15,18-19H2,1H3/b13-12+. The van der Waals surface area contributed by atoms with E-state index in [1.54, 1.807) is 0 Å². The maximum absolute atomic E-state index is 15.1. The van der Waals surface area contributed by atoms with Crippen molar-refractivity contribution < 1.29 is 40.2 Å². The van der Waals surface area contributed by atoms with Crippen LogP contribution >= 0.6 is 0 Å². The summed E-state index contributed by atoms with van der Waals surface area (Å²) in [6.45, 7) is 2.23. The third-order valence-corrected chi connectivity index (χ3v) is 9.16. The van der Waals surface area contributed by atoms with Gasteiger partial charge < -0.3 is 9.47 Å². The van der Waals surface area contributed by atoms with E-state index in [0.29, 0.717) is 30.9 Å². The molecule has 0 unspecified atom stereocenters. The molecule has 44 heavy (non-hydrogen) atoms. The van der Waals surface area contributed by atoms with Crippen LogP contribution in [-0.4, -0.2) is 12.5 Å². The van der Waals surface area contributed by atoms with Crippen LogP contribution in [0.25, 0.3) is 11.1 Å². The number of halogens is 7. The number of allylic oxidation sites excluding steroid dienone is 2. The summed E-state index contributed by atoms with van der Waals surface area (Å²) < 4.78 is 105. The van der Waals surface area contributed by atoms with Crippen LogP contribution in [0.15, 0.2) is 48.6 Å². The Morgan fingerprint density at radius 3 is 1.77 bits per heavy atom. The Kier molecular flexibility index (Phi) is 12.1. The molecule has 0 bridgehead atoms. The van der Waals surface area contributed by atoms with E-state index in [-0.39, 0.29) is 24.3 Å². The number of ether oxygens (including phenoxy) is 2. The van der Waals surface area contributed by atoms with Gasteiger partial charge in [0.15, 0.2) is 0 Å². The highest BCUT2D eigenvalue weighted by Crippen LogP contribution is 2.42. The molecule has 2 aliphatic carbocycles. The molecule has 9 heteroatoms. The molecule has 4 rings (SSSR count). The number of hydrogen-bond acceptors (Lipinski definition) is 2. The van der Waals surface area contributed by atoms with Crippen LogP contribution in [0.5, 0.6) is 11.5 Å². The predicted molar refractivity (Wildman–Crippen MR) is 157 cm³/mol. The van der Waals surface area contributed by atoms with Crippen molar-refractivity contribution in [2.75, 3.05) is 0 Å². The van der Waals surface area contributed by atoms with Crippen molar-refractivity contribution in [1.29, 1.82) is 0 Å². The molecule has 2 fully saturated rings. The molecular formula is C35H43F7O2. The normalized spacial score (nSPS) is 23.2. The highest BCUT2D eigenvalue weighted by atomic mass is 19.4. The summed E-state index contributed by atoms with van der Waals surface area (Å²) in [4.78, 5) is 0. The molecular weight excluding hydrogens is 585 g/mol. The first-order chi connectivity index (χ1) is 20.9. The zero-order valence-electron chi connectivity index (χ0n) is 25.3. The van der Waals surface area contributed by atoms with Gasteiger partial charge in [-0.05, 0) is 86.8 Å². The molecule has 0 saturated heterocycles. The molecule has 2 aromatic rings. The minimum atomic E-state index is -4.91. The number of rotatable bonds is 13. The lowest BCUT2D eigenvalue weighted by molar-refractivity contribution is -0.274. The van der Waals surface area contributed by atoms with Gasteiger partial charge in [0.1, 0.15) is 23.1 Å². The molecule has 0 heterocycles. The van der Waals surface area contributed by atoms with Gasteiger partial charge in [0.2, 0.25) is 0 Å². The average Bonchev–Trinajstić information content (AvgIpc) is 2.96. The molecule has 244 valence electrons. The fraction of sp³-hybridized carbons (Fsp3) is 0.600. The minimum absolute atomic E-state index is 0.0786. The number of hydrogen-bond donors (Lipinski definition) is 0. The van der Waals surface area contributed by atoms with E-state index >= 15 is 8.78 Å². The lowest BCUT2D eigenvalue weighted by Crippen LogP contribution is -2.37. The van der Waals surface area contributed by atoms with E-state index in [2.05, 4.69) is 23.8 Å². The van der Waals surface area contributed by atoms with Gasteiger partial charge >= 0.3 is 12.5 Å². The Morgan fingerprint density at radius 1 is 0.682 bits per heavy atom. The van der Waals surface area contributed by atoms with Gasteiger partial charge in [-0.25, -0.2) is 8.78 Å². The molecule has 0 aromatic heterocycles. The highest BCUT2D eigenvalue weighted by molar-refractivity contribution is 5.66. The summed E-state index contributed by atoms with van der Waals surface area (Å²) in [5.74, 6) is -2.99. The lowest BCUT2D eigenvalue weighted by Gasteiger charge is -2.33. The fourth-order valence-electron chi connectivity index (χ4n) is 6.62. The second-order valence-corrected chi connectivity index (χ2v) is 12.5. The molecule has 2 aromatic carbocycles. The number of unbranched alkanes of at least 4 members (excludes halogenated alkanes) is 4. The van der Waals surface area contributed by atoms with E-state index in [1.165, 1.54) is 64.2 Å². The van der Waals surface area contributed by atoms with E-state index < -0.39 is 47.1 Å². The molecule has 2 aliphatic rings. The van der Waals surface area contributed by atoms with Gasteiger partial charge in [-0.2, -0.15) is 8.78 Å². The van der Waals surface area contributed by atoms with E-state index in [0.717, 1.165) is 30.2 Å². The minimum Gasteiger partial charge on any atom is -0.432 e. The molecule has 2 nitrogen and oxygen atoms in total. The molecule has 0 aliphatic heterocycles. The van der Waals surface area contributed by atoms with Crippen LogP contribution in [0, 0.1) is 35.3 Å². The second kappa shape index (κ2) is 15.5. The molecule has 0 atom stereocenters. The summed E-state index contributed by atoms with van der Waals surface area (Å²) in [5, 5.41) is 0. The monoisotopic (exact) mass is 628 g/mol. The Hall–Kier alpha value is -2.71. The molecule has 2 saturated carbocycles. The smallest absolute Gasteiger partial charge is 0.432 e. The Balaban J connectivity index is 1.24. The lowest BCUT2D eigenvalue weighted by atomic mass is 9.77. The topological polar surface area (TPSA) is 18.5 Å². The quantitative estimate of drug-likeness (QED) is 0.125. The fourth-order valence-corrected chi connectivity index (χ4v) is 6.62. The van der Waals surface area contributed by atoms with Gasteiger partial charge in [0, 0.05) is 12.1 Å². The first-order valence-electron chi connectivity index (χ1n) is 16.0. The Morgan fingerprint density at radius 2 is 1.23 bits per heavy atom. The zero-order valence-corrected chi connectivity index (χ0v) is 25.3.